The second-order valence-corrected chi connectivity index (χ2v) is 8.64. The van der Waals surface area contributed by atoms with Gasteiger partial charge in [-0.15, -0.1) is 0 Å². The normalized spacial score (nSPS) is 13.3. The number of nitrogens with zero attached hydrogens (tertiary/aromatic N) is 1. The highest BCUT2D eigenvalue weighted by molar-refractivity contribution is 7.92. The highest BCUT2D eigenvalue weighted by Gasteiger charge is 2.26. The lowest BCUT2D eigenvalue weighted by atomic mass is 10.2. The van der Waals surface area contributed by atoms with Gasteiger partial charge in [0.25, 0.3) is 10.0 Å². The zero-order chi connectivity index (χ0) is 20.6. The summed E-state index contributed by atoms with van der Waals surface area (Å²) >= 11 is 6.14. The lowest BCUT2D eigenvalue weighted by molar-refractivity contribution is -0.117. The molecule has 1 N–H and O–H groups in total. The number of benzene rings is 3. The predicted octanol–water partition coefficient (Wildman–Crippen LogP) is 4.45. The van der Waals surface area contributed by atoms with E-state index in [0.29, 0.717) is 22.1 Å². The van der Waals surface area contributed by atoms with E-state index in [1.807, 2.05) is 0 Å². The second kappa shape index (κ2) is 7.42. The van der Waals surface area contributed by atoms with Gasteiger partial charge in [0.15, 0.2) is 5.75 Å². The molecule has 3 aromatic rings. The summed E-state index contributed by atoms with van der Waals surface area (Å²) in [7, 11) is -2.22. The highest BCUT2D eigenvalue weighted by atomic mass is 35.5. The minimum Gasteiger partial charge on any atom is -0.454 e. The molecule has 0 aliphatic carbocycles. The van der Waals surface area contributed by atoms with Gasteiger partial charge in [0, 0.05) is 12.7 Å². The molecule has 0 saturated carbocycles. The van der Waals surface area contributed by atoms with Crippen LogP contribution in [0, 0.1) is 0 Å². The van der Waals surface area contributed by atoms with Gasteiger partial charge in [-0.1, -0.05) is 35.9 Å². The first kappa shape index (κ1) is 19.3. The Hall–Kier alpha value is -3.03. The molecule has 29 heavy (non-hydrogen) atoms. The number of amides is 1. The number of hydrogen-bond acceptors (Lipinski definition) is 4. The largest absolute Gasteiger partial charge is 0.454 e. The maximum Gasteiger partial charge on any atom is 0.262 e. The maximum absolute atomic E-state index is 12.9. The Morgan fingerprint density at radius 2 is 1.69 bits per heavy atom. The molecule has 0 unspecified atom stereocenters. The topological polar surface area (TPSA) is 75.7 Å². The van der Waals surface area contributed by atoms with Crippen LogP contribution >= 0.6 is 11.6 Å². The Balaban J connectivity index is 1.64. The molecule has 1 aliphatic heterocycles. The number of ether oxygens (including phenoxy) is 1. The highest BCUT2D eigenvalue weighted by Crippen LogP contribution is 2.35. The third-order valence-corrected chi connectivity index (χ3v) is 6.30. The molecule has 148 valence electrons. The van der Waals surface area contributed by atoms with Crippen molar-refractivity contribution in [2.45, 2.75) is 11.3 Å². The van der Waals surface area contributed by atoms with Gasteiger partial charge >= 0.3 is 0 Å². The summed E-state index contributed by atoms with van der Waals surface area (Å²) in [5.74, 6) is 0.668. The van der Waals surface area contributed by atoms with Gasteiger partial charge in [0.2, 0.25) is 5.91 Å². The van der Waals surface area contributed by atoms with E-state index in [2.05, 4.69) is 4.72 Å². The number of halogens is 1. The SMILES string of the molecule is CN1C(=O)Cc2cc(S(=O)(=O)Nc3ccccc3Oc3ccccc3Cl)ccc21. The first-order valence-corrected chi connectivity index (χ1v) is 10.6. The van der Waals surface area contributed by atoms with Gasteiger partial charge in [-0.25, -0.2) is 8.42 Å². The van der Waals surface area contributed by atoms with E-state index in [4.69, 9.17) is 16.3 Å². The number of fused-ring (bicyclic) bond motifs is 1. The van der Waals surface area contributed by atoms with Crippen LogP contribution in [0.15, 0.2) is 71.6 Å². The number of carbonyl (C=O) groups excluding carboxylic acids is 1. The molecule has 0 aromatic heterocycles. The van der Waals surface area contributed by atoms with Crippen LogP contribution in [0.25, 0.3) is 0 Å². The minimum atomic E-state index is -3.89. The van der Waals surface area contributed by atoms with Crippen LogP contribution < -0.4 is 14.4 Å². The number of carbonyl (C=O) groups is 1. The monoisotopic (exact) mass is 428 g/mol. The van der Waals surface area contributed by atoms with Crippen molar-refractivity contribution < 1.29 is 17.9 Å². The first-order chi connectivity index (χ1) is 13.8. The number of sulfonamides is 1. The molecule has 0 atom stereocenters. The van der Waals surface area contributed by atoms with Gasteiger partial charge in [-0.05, 0) is 48.0 Å². The van der Waals surface area contributed by atoms with Gasteiger partial charge < -0.3 is 9.64 Å². The van der Waals surface area contributed by atoms with Crippen molar-refractivity contribution in [2.75, 3.05) is 16.7 Å². The standard InChI is InChI=1S/C21H17ClN2O4S/c1-24-18-11-10-15(12-14(18)13-21(24)25)29(26,27)23-17-7-3-5-9-20(17)28-19-8-4-2-6-16(19)22/h2-12,23H,13H2,1H3. The van der Waals surface area contributed by atoms with E-state index in [0.717, 1.165) is 5.69 Å². The van der Waals surface area contributed by atoms with Crippen LogP contribution in [0.4, 0.5) is 11.4 Å². The van der Waals surface area contributed by atoms with Crippen LogP contribution in [0.2, 0.25) is 5.02 Å². The molecule has 1 amide bonds. The molecule has 0 spiro atoms. The van der Waals surface area contributed by atoms with Crippen molar-refractivity contribution in [2.24, 2.45) is 0 Å². The quantitative estimate of drug-likeness (QED) is 0.651. The van der Waals surface area contributed by atoms with Gasteiger partial charge in [-0.3, -0.25) is 9.52 Å². The van der Waals surface area contributed by atoms with Crippen molar-refractivity contribution in [1.29, 1.82) is 0 Å². The van der Waals surface area contributed by atoms with Gasteiger partial charge in [0.1, 0.15) is 5.75 Å². The Kier molecular flexibility index (Phi) is 4.94. The van der Waals surface area contributed by atoms with E-state index < -0.39 is 10.0 Å². The molecule has 8 heteroatoms. The number of hydrogen-bond donors (Lipinski definition) is 1. The van der Waals surface area contributed by atoms with E-state index in [-0.39, 0.29) is 22.9 Å². The third-order valence-electron chi connectivity index (χ3n) is 4.63. The molecule has 1 aliphatic rings. The zero-order valence-corrected chi connectivity index (χ0v) is 17.0. The molecule has 0 radical (unpaired) electrons. The molecule has 3 aromatic carbocycles. The Bertz CT molecular complexity index is 1210. The summed E-state index contributed by atoms with van der Waals surface area (Å²) in [6.07, 6.45) is 0.182. The molecule has 0 saturated heterocycles. The maximum atomic E-state index is 12.9. The van der Waals surface area contributed by atoms with Crippen LogP contribution in [0.3, 0.4) is 0 Å². The second-order valence-electron chi connectivity index (χ2n) is 6.55. The molecule has 0 fully saturated rings. The number of likely N-dealkylation sites (N-methyl/N-ethyl adjacent to an activating group) is 1. The van der Waals surface area contributed by atoms with Crippen molar-refractivity contribution >= 4 is 38.9 Å². The fourth-order valence-corrected chi connectivity index (χ4v) is 4.40. The van der Waals surface area contributed by atoms with Crippen molar-refractivity contribution in [1.82, 2.24) is 0 Å². The van der Waals surface area contributed by atoms with E-state index in [1.54, 1.807) is 61.6 Å². The number of para-hydroxylation sites is 3. The summed E-state index contributed by atoms with van der Waals surface area (Å²) < 4.78 is 34.3. The summed E-state index contributed by atoms with van der Waals surface area (Å²) in [4.78, 5) is 13.5. The summed E-state index contributed by atoms with van der Waals surface area (Å²) in [6, 6.07) is 18.3. The van der Waals surface area contributed by atoms with E-state index in [9.17, 15) is 13.2 Å². The average Bonchev–Trinajstić information content (AvgIpc) is 2.98. The van der Waals surface area contributed by atoms with Crippen molar-refractivity contribution in [3.05, 3.63) is 77.3 Å². The Morgan fingerprint density at radius 3 is 2.45 bits per heavy atom. The molecular weight excluding hydrogens is 412 g/mol. The van der Waals surface area contributed by atoms with Crippen LogP contribution in [0.5, 0.6) is 11.5 Å². The zero-order valence-electron chi connectivity index (χ0n) is 15.4. The Labute approximate surface area is 173 Å². The predicted molar refractivity (Wildman–Crippen MR) is 112 cm³/mol. The van der Waals surface area contributed by atoms with Crippen molar-refractivity contribution in [3.8, 4) is 11.5 Å². The molecular formula is C21H17ClN2O4S. The summed E-state index contributed by atoms with van der Waals surface area (Å²) in [5.41, 5.74) is 1.68. The smallest absolute Gasteiger partial charge is 0.262 e. The molecule has 1 heterocycles. The first-order valence-electron chi connectivity index (χ1n) is 8.79. The summed E-state index contributed by atoms with van der Waals surface area (Å²) in [6.45, 7) is 0. The summed E-state index contributed by atoms with van der Waals surface area (Å²) in [5, 5.41) is 0.414. The lowest BCUT2D eigenvalue weighted by Gasteiger charge is -2.15. The third kappa shape index (κ3) is 3.79. The lowest BCUT2D eigenvalue weighted by Crippen LogP contribution is -2.20. The molecule has 6 nitrogen and oxygen atoms in total. The number of anilines is 2. The minimum absolute atomic E-state index is 0.0685. The fraction of sp³-hybridized carbons (Fsp3) is 0.0952. The van der Waals surface area contributed by atoms with Crippen LogP contribution in [0.1, 0.15) is 5.56 Å². The van der Waals surface area contributed by atoms with Crippen molar-refractivity contribution in [3.63, 3.8) is 0 Å². The molecule has 0 bridgehead atoms. The van der Waals surface area contributed by atoms with Crippen LogP contribution in [-0.2, 0) is 21.2 Å². The van der Waals surface area contributed by atoms with E-state index >= 15 is 0 Å². The van der Waals surface area contributed by atoms with Gasteiger partial charge in [0.05, 0.1) is 22.0 Å². The van der Waals surface area contributed by atoms with E-state index in [1.165, 1.54) is 17.0 Å². The Morgan fingerprint density at radius 1 is 1.00 bits per heavy atom. The number of rotatable bonds is 5. The molecule has 4 rings (SSSR count). The van der Waals surface area contributed by atoms with Crippen LogP contribution in [-0.4, -0.2) is 21.4 Å². The number of nitrogens with one attached hydrogen (secondary N) is 1. The fourth-order valence-electron chi connectivity index (χ4n) is 3.10. The average molecular weight is 429 g/mol. The van der Waals surface area contributed by atoms with Gasteiger partial charge in [-0.2, -0.15) is 0 Å².